The monoisotopic (exact) mass is 443 g/mol. The lowest BCUT2D eigenvalue weighted by atomic mass is 9.82. The van der Waals surface area contributed by atoms with Crippen LogP contribution in [0.3, 0.4) is 0 Å². The summed E-state index contributed by atoms with van der Waals surface area (Å²) in [6.45, 7) is 9.85. The number of ether oxygens (including phenoxy) is 2. The van der Waals surface area contributed by atoms with E-state index in [0.29, 0.717) is 48.6 Å². The molecule has 7 heteroatoms. The van der Waals surface area contributed by atoms with Crippen LogP contribution in [0.25, 0.3) is 11.0 Å². The van der Waals surface area contributed by atoms with Gasteiger partial charge in [0, 0.05) is 23.6 Å². The molecule has 2 aromatic rings. The third kappa shape index (κ3) is 5.90. The minimum absolute atomic E-state index is 0.181. The molecule has 1 fully saturated rings. The van der Waals surface area contributed by atoms with E-state index >= 15 is 0 Å². The van der Waals surface area contributed by atoms with Gasteiger partial charge < -0.3 is 19.2 Å². The van der Waals surface area contributed by atoms with E-state index in [1.54, 1.807) is 12.1 Å². The summed E-state index contributed by atoms with van der Waals surface area (Å²) in [5.41, 5.74) is 1.12. The van der Waals surface area contributed by atoms with Gasteiger partial charge in [-0.05, 0) is 83.4 Å². The number of carbonyl (C=O) groups excluding carboxylic acids is 2. The number of aryl methyl sites for hydroxylation is 1. The predicted molar refractivity (Wildman–Crippen MR) is 122 cm³/mol. The van der Waals surface area contributed by atoms with Crippen LogP contribution in [-0.2, 0) is 16.0 Å². The minimum Gasteiger partial charge on any atom is -0.444 e. The second-order valence-electron chi connectivity index (χ2n) is 9.53. The second kappa shape index (κ2) is 9.76. The number of carbonyl (C=O) groups is 2. The van der Waals surface area contributed by atoms with Gasteiger partial charge in [-0.1, -0.05) is 6.92 Å². The molecule has 0 spiro atoms. The average Bonchev–Trinajstić information content (AvgIpc) is 2.71. The van der Waals surface area contributed by atoms with Crippen molar-refractivity contribution in [2.75, 3.05) is 6.54 Å². The number of fused-ring (bicyclic) bond motifs is 1. The van der Waals surface area contributed by atoms with Crippen molar-refractivity contribution in [1.82, 2.24) is 5.32 Å². The molecule has 1 aromatic carbocycles. The number of hydrogen-bond acceptors (Lipinski definition) is 6. The molecule has 1 aromatic heterocycles. The van der Waals surface area contributed by atoms with Gasteiger partial charge in [-0.3, -0.25) is 4.79 Å². The van der Waals surface area contributed by atoms with E-state index in [2.05, 4.69) is 5.32 Å². The van der Waals surface area contributed by atoms with Gasteiger partial charge in [-0.15, -0.1) is 0 Å². The van der Waals surface area contributed by atoms with Crippen molar-refractivity contribution in [3.8, 4) is 5.75 Å². The third-order valence-corrected chi connectivity index (χ3v) is 5.94. The zero-order chi connectivity index (χ0) is 23.5. The molecule has 1 amide bonds. The summed E-state index contributed by atoms with van der Waals surface area (Å²) in [6.07, 6.45) is 3.28. The zero-order valence-corrected chi connectivity index (χ0v) is 19.6. The minimum atomic E-state index is -0.520. The first-order chi connectivity index (χ1) is 15.1. The molecule has 1 N–H and O–H groups in total. The van der Waals surface area contributed by atoms with Crippen molar-refractivity contribution in [3.63, 3.8) is 0 Å². The summed E-state index contributed by atoms with van der Waals surface area (Å²) < 4.78 is 16.3. The van der Waals surface area contributed by atoms with Gasteiger partial charge in [-0.25, -0.2) is 9.59 Å². The third-order valence-electron chi connectivity index (χ3n) is 5.94. The highest BCUT2D eigenvalue weighted by Crippen LogP contribution is 2.31. The number of esters is 1. The fraction of sp³-hybridized carbons (Fsp3) is 0.560. The average molecular weight is 444 g/mol. The number of amides is 1. The first-order valence-electron chi connectivity index (χ1n) is 11.3. The maximum absolute atomic E-state index is 12.7. The van der Waals surface area contributed by atoms with Crippen LogP contribution in [0.4, 0.5) is 4.79 Å². The Hall–Kier alpha value is -2.83. The first kappa shape index (κ1) is 23.8. The highest BCUT2D eigenvalue weighted by Gasteiger charge is 2.28. The fourth-order valence-corrected chi connectivity index (χ4v) is 4.19. The van der Waals surface area contributed by atoms with Crippen molar-refractivity contribution in [1.29, 1.82) is 0 Å². The molecule has 0 unspecified atom stereocenters. The summed E-state index contributed by atoms with van der Waals surface area (Å²) in [5, 5.41) is 3.66. The molecular weight excluding hydrogens is 410 g/mol. The summed E-state index contributed by atoms with van der Waals surface area (Å²) in [7, 11) is 0. The van der Waals surface area contributed by atoms with E-state index in [1.165, 1.54) is 0 Å². The highest BCUT2D eigenvalue weighted by molar-refractivity contribution is 5.83. The quantitative estimate of drug-likeness (QED) is 0.401. The SMILES string of the molecule is CCc1c(C)c2ccc(OC(=O)C3CCC(CNC(=O)OC(C)(C)C)CC3)cc2oc1=O. The van der Waals surface area contributed by atoms with Crippen LogP contribution in [0, 0.1) is 18.8 Å². The van der Waals surface area contributed by atoms with E-state index in [-0.39, 0.29) is 17.5 Å². The second-order valence-corrected chi connectivity index (χ2v) is 9.53. The van der Waals surface area contributed by atoms with Crippen LogP contribution < -0.4 is 15.7 Å². The Labute approximate surface area is 188 Å². The maximum Gasteiger partial charge on any atom is 0.407 e. The van der Waals surface area contributed by atoms with Crippen molar-refractivity contribution in [3.05, 3.63) is 39.7 Å². The molecule has 1 aliphatic rings. The predicted octanol–water partition coefficient (Wildman–Crippen LogP) is 4.90. The van der Waals surface area contributed by atoms with Gasteiger partial charge in [0.1, 0.15) is 16.9 Å². The molecule has 3 rings (SSSR count). The highest BCUT2D eigenvalue weighted by atomic mass is 16.6. The molecule has 0 atom stereocenters. The van der Waals surface area contributed by atoms with Crippen LogP contribution in [-0.4, -0.2) is 24.2 Å². The van der Waals surface area contributed by atoms with Gasteiger partial charge in [-0.2, -0.15) is 0 Å². The van der Waals surface area contributed by atoms with Gasteiger partial charge in [0.25, 0.3) is 0 Å². The Bertz CT molecular complexity index is 1040. The molecule has 1 saturated carbocycles. The Morgan fingerprint density at radius 2 is 1.84 bits per heavy atom. The smallest absolute Gasteiger partial charge is 0.407 e. The zero-order valence-electron chi connectivity index (χ0n) is 19.6. The van der Waals surface area contributed by atoms with E-state index in [4.69, 9.17) is 13.9 Å². The van der Waals surface area contributed by atoms with Crippen LogP contribution in [0.2, 0.25) is 0 Å². The Morgan fingerprint density at radius 1 is 1.16 bits per heavy atom. The molecule has 0 aliphatic heterocycles. The van der Waals surface area contributed by atoms with Gasteiger partial charge >= 0.3 is 17.7 Å². The van der Waals surface area contributed by atoms with Crippen molar-refractivity contribution >= 4 is 23.0 Å². The Kier molecular flexibility index (Phi) is 7.26. The molecule has 7 nitrogen and oxygen atoms in total. The number of alkyl carbamates (subject to hydrolysis) is 1. The molecule has 0 saturated heterocycles. The van der Waals surface area contributed by atoms with Crippen LogP contribution in [0.15, 0.2) is 27.4 Å². The van der Waals surface area contributed by atoms with Crippen LogP contribution >= 0.6 is 0 Å². The Balaban J connectivity index is 1.54. The van der Waals surface area contributed by atoms with Crippen molar-refractivity contribution in [2.45, 2.75) is 72.3 Å². The molecule has 0 bridgehead atoms. The number of benzene rings is 1. The van der Waals surface area contributed by atoms with Gasteiger partial charge in [0.05, 0.1) is 5.92 Å². The summed E-state index contributed by atoms with van der Waals surface area (Å²) in [5.74, 6) is 0.243. The number of hydrogen-bond donors (Lipinski definition) is 1. The lowest BCUT2D eigenvalue weighted by molar-refractivity contribution is -0.140. The molecule has 174 valence electrons. The van der Waals surface area contributed by atoms with Crippen LogP contribution in [0.1, 0.15) is 64.5 Å². The lowest BCUT2D eigenvalue weighted by Gasteiger charge is -2.28. The largest absolute Gasteiger partial charge is 0.444 e. The number of nitrogens with one attached hydrogen (secondary N) is 1. The molecule has 0 radical (unpaired) electrons. The van der Waals surface area contributed by atoms with Crippen molar-refractivity contribution in [2.24, 2.45) is 11.8 Å². The standard InChI is InChI=1S/C25H33NO6/c1-6-19-15(2)20-12-11-18(13-21(20)31-23(19)28)30-22(27)17-9-7-16(8-10-17)14-26-24(29)32-25(3,4)5/h11-13,16-17H,6-10,14H2,1-5H3,(H,26,29). The molecular formula is C25H33NO6. The first-order valence-corrected chi connectivity index (χ1v) is 11.3. The summed E-state index contributed by atoms with van der Waals surface area (Å²) in [6, 6.07) is 5.18. The lowest BCUT2D eigenvalue weighted by Crippen LogP contribution is -2.36. The van der Waals surface area contributed by atoms with Gasteiger partial charge in [0.2, 0.25) is 0 Å². The fourth-order valence-electron chi connectivity index (χ4n) is 4.19. The molecule has 1 heterocycles. The van der Waals surface area contributed by atoms with Gasteiger partial charge in [0.15, 0.2) is 0 Å². The molecule has 32 heavy (non-hydrogen) atoms. The summed E-state index contributed by atoms with van der Waals surface area (Å²) >= 11 is 0. The molecule has 1 aliphatic carbocycles. The summed E-state index contributed by atoms with van der Waals surface area (Å²) in [4.78, 5) is 36.6. The normalized spacial score (nSPS) is 18.9. The topological polar surface area (TPSA) is 94.8 Å². The van der Waals surface area contributed by atoms with Crippen LogP contribution in [0.5, 0.6) is 5.75 Å². The van der Waals surface area contributed by atoms with E-state index in [0.717, 1.165) is 23.8 Å². The Morgan fingerprint density at radius 3 is 2.47 bits per heavy atom. The van der Waals surface area contributed by atoms with Crippen molar-refractivity contribution < 1.29 is 23.5 Å². The van der Waals surface area contributed by atoms with E-state index in [9.17, 15) is 14.4 Å². The van der Waals surface area contributed by atoms with E-state index in [1.807, 2.05) is 40.7 Å². The maximum atomic E-state index is 12.7. The van der Waals surface area contributed by atoms with E-state index < -0.39 is 11.7 Å². The number of rotatable bonds is 5.